The van der Waals surface area contributed by atoms with Gasteiger partial charge < -0.3 is 4.74 Å². The van der Waals surface area contributed by atoms with Crippen molar-refractivity contribution in [3.05, 3.63) is 52.0 Å². The number of ether oxygens (including phenoxy) is 1. The van der Waals surface area contributed by atoms with Crippen LogP contribution in [0.1, 0.15) is 15.8 Å². The minimum absolute atomic E-state index is 0.307. The van der Waals surface area contributed by atoms with Crippen molar-refractivity contribution in [2.24, 2.45) is 0 Å². The van der Waals surface area contributed by atoms with Crippen molar-refractivity contribution in [2.45, 2.75) is 5.38 Å². The van der Waals surface area contributed by atoms with Crippen LogP contribution in [0.15, 0.2) is 35.7 Å². The molecule has 0 fully saturated rings. The number of rotatable bonds is 3. The monoisotopic (exact) mass is 256 g/mol. The molecule has 0 aliphatic rings. The second kappa shape index (κ2) is 4.85. The van der Waals surface area contributed by atoms with Gasteiger partial charge in [-0.3, -0.25) is 0 Å². The maximum atomic E-state index is 13.2. The van der Waals surface area contributed by atoms with Gasteiger partial charge in [-0.1, -0.05) is 6.07 Å². The average molecular weight is 257 g/mol. The smallest absolute Gasteiger partial charge is 0.124 e. The van der Waals surface area contributed by atoms with Crippen molar-refractivity contribution in [1.29, 1.82) is 0 Å². The highest BCUT2D eigenvalue weighted by molar-refractivity contribution is 7.10. The molecule has 16 heavy (non-hydrogen) atoms. The number of methoxy groups -OCH3 is 1. The molecule has 1 aromatic carbocycles. The van der Waals surface area contributed by atoms with Gasteiger partial charge in [-0.25, -0.2) is 4.39 Å². The van der Waals surface area contributed by atoms with E-state index in [1.807, 2.05) is 17.5 Å². The second-order valence-electron chi connectivity index (χ2n) is 3.26. The van der Waals surface area contributed by atoms with Crippen molar-refractivity contribution in [3.8, 4) is 5.75 Å². The van der Waals surface area contributed by atoms with Crippen LogP contribution in [0.5, 0.6) is 5.75 Å². The molecule has 0 radical (unpaired) electrons. The maximum Gasteiger partial charge on any atom is 0.124 e. The number of benzene rings is 1. The number of hydrogen-bond donors (Lipinski definition) is 0. The highest BCUT2D eigenvalue weighted by Gasteiger charge is 2.17. The van der Waals surface area contributed by atoms with Gasteiger partial charge in [-0.05, 0) is 29.6 Å². The molecule has 1 nitrogen and oxygen atoms in total. The molecule has 1 aromatic heterocycles. The molecule has 2 aromatic rings. The van der Waals surface area contributed by atoms with Gasteiger partial charge in [-0.15, -0.1) is 22.9 Å². The Kier molecular flexibility index (Phi) is 3.46. The summed E-state index contributed by atoms with van der Waals surface area (Å²) in [5.41, 5.74) is 0.659. The summed E-state index contributed by atoms with van der Waals surface area (Å²) in [6.07, 6.45) is 0. The zero-order chi connectivity index (χ0) is 11.5. The zero-order valence-corrected chi connectivity index (χ0v) is 10.2. The molecule has 1 atom stereocenters. The largest absolute Gasteiger partial charge is 0.496 e. The number of thiophene rings is 1. The molecule has 0 bridgehead atoms. The highest BCUT2D eigenvalue weighted by atomic mass is 35.5. The Bertz CT molecular complexity index is 470. The van der Waals surface area contributed by atoms with E-state index < -0.39 is 0 Å². The molecule has 1 unspecified atom stereocenters. The summed E-state index contributed by atoms with van der Waals surface area (Å²) in [5.74, 6) is 0.299. The molecular formula is C12H10ClFOS. The summed E-state index contributed by atoms with van der Waals surface area (Å²) in [5, 5.41) is 1.57. The third-order valence-corrected chi connectivity index (χ3v) is 3.79. The predicted octanol–water partition coefficient (Wildman–Crippen LogP) is 4.22. The van der Waals surface area contributed by atoms with Crippen LogP contribution in [0.4, 0.5) is 4.39 Å². The normalized spacial score (nSPS) is 12.4. The van der Waals surface area contributed by atoms with Crippen molar-refractivity contribution >= 4 is 22.9 Å². The Morgan fingerprint density at radius 3 is 2.81 bits per heavy atom. The lowest BCUT2D eigenvalue weighted by molar-refractivity contribution is 0.409. The topological polar surface area (TPSA) is 9.23 Å². The molecule has 2 rings (SSSR count). The summed E-state index contributed by atoms with van der Waals surface area (Å²) in [7, 11) is 1.55. The van der Waals surface area contributed by atoms with E-state index in [1.54, 1.807) is 24.5 Å². The molecule has 0 N–H and O–H groups in total. The Balaban J connectivity index is 2.42. The van der Waals surface area contributed by atoms with Gasteiger partial charge in [0, 0.05) is 10.4 Å². The van der Waals surface area contributed by atoms with Crippen LogP contribution in [0.2, 0.25) is 0 Å². The van der Waals surface area contributed by atoms with E-state index in [0.717, 1.165) is 4.88 Å². The number of halogens is 2. The van der Waals surface area contributed by atoms with Crippen LogP contribution in [0.3, 0.4) is 0 Å². The summed E-state index contributed by atoms with van der Waals surface area (Å²) in [6.45, 7) is 0. The lowest BCUT2D eigenvalue weighted by Gasteiger charge is -2.12. The first-order chi connectivity index (χ1) is 7.72. The fourth-order valence-corrected chi connectivity index (χ4v) is 2.61. The van der Waals surface area contributed by atoms with Gasteiger partial charge in [0.1, 0.15) is 11.6 Å². The standard InChI is InChI=1S/C12H10ClFOS/c1-15-10-5-4-8(14)7-9(10)12(13)11-3-2-6-16-11/h2-7,12H,1H3. The van der Waals surface area contributed by atoms with Crippen LogP contribution in [-0.4, -0.2) is 7.11 Å². The van der Waals surface area contributed by atoms with Crippen molar-refractivity contribution in [1.82, 2.24) is 0 Å². The Labute approximate surface area is 102 Å². The Morgan fingerprint density at radius 1 is 1.38 bits per heavy atom. The molecule has 0 saturated heterocycles. The zero-order valence-electron chi connectivity index (χ0n) is 8.61. The van der Waals surface area contributed by atoms with E-state index >= 15 is 0 Å². The lowest BCUT2D eigenvalue weighted by Crippen LogP contribution is -1.96. The van der Waals surface area contributed by atoms with Crippen LogP contribution < -0.4 is 4.74 Å². The molecule has 84 valence electrons. The molecule has 0 amide bonds. The van der Waals surface area contributed by atoms with Crippen molar-refractivity contribution in [3.63, 3.8) is 0 Å². The van der Waals surface area contributed by atoms with Crippen LogP contribution >= 0.6 is 22.9 Å². The number of hydrogen-bond acceptors (Lipinski definition) is 2. The first kappa shape index (κ1) is 11.4. The predicted molar refractivity (Wildman–Crippen MR) is 65.0 cm³/mol. The Morgan fingerprint density at radius 2 is 2.19 bits per heavy atom. The molecule has 0 saturated carbocycles. The minimum atomic E-state index is -0.370. The van der Waals surface area contributed by atoms with E-state index in [9.17, 15) is 4.39 Å². The van der Waals surface area contributed by atoms with Gasteiger partial charge in [0.2, 0.25) is 0 Å². The third kappa shape index (κ3) is 2.20. The molecular weight excluding hydrogens is 247 g/mol. The van der Waals surface area contributed by atoms with Gasteiger partial charge >= 0.3 is 0 Å². The van der Waals surface area contributed by atoms with Crippen LogP contribution in [-0.2, 0) is 0 Å². The highest BCUT2D eigenvalue weighted by Crippen LogP contribution is 2.37. The first-order valence-electron chi connectivity index (χ1n) is 4.73. The van der Waals surface area contributed by atoms with Crippen molar-refractivity contribution in [2.75, 3.05) is 7.11 Å². The van der Waals surface area contributed by atoms with E-state index in [-0.39, 0.29) is 11.2 Å². The quantitative estimate of drug-likeness (QED) is 0.747. The van der Waals surface area contributed by atoms with E-state index in [1.165, 1.54) is 12.1 Å². The van der Waals surface area contributed by atoms with E-state index in [4.69, 9.17) is 16.3 Å². The second-order valence-corrected chi connectivity index (χ2v) is 4.68. The third-order valence-electron chi connectivity index (χ3n) is 2.26. The molecule has 0 spiro atoms. The van der Waals surface area contributed by atoms with Crippen LogP contribution in [0.25, 0.3) is 0 Å². The van der Waals surface area contributed by atoms with Gasteiger partial charge in [0.05, 0.1) is 12.5 Å². The Hall–Kier alpha value is -1.06. The molecule has 0 aliphatic heterocycles. The lowest BCUT2D eigenvalue weighted by atomic mass is 10.1. The van der Waals surface area contributed by atoms with Gasteiger partial charge in [-0.2, -0.15) is 0 Å². The van der Waals surface area contributed by atoms with Gasteiger partial charge in [0.15, 0.2) is 0 Å². The van der Waals surface area contributed by atoms with Crippen LogP contribution in [0, 0.1) is 5.82 Å². The molecule has 1 heterocycles. The summed E-state index contributed by atoms with van der Waals surface area (Å²) in [6, 6.07) is 8.21. The van der Waals surface area contributed by atoms with E-state index in [2.05, 4.69) is 0 Å². The minimum Gasteiger partial charge on any atom is -0.496 e. The SMILES string of the molecule is COc1ccc(F)cc1C(Cl)c1cccs1. The van der Waals surface area contributed by atoms with Gasteiger partial charge in [0.25, 0.3) is 0 Å². The molecule has 4 heteroatoms. The maximum absolute atomic E-state index is 13.2. The fourth-order valence-electron chi connectivity index (χ4n) is 1.49. The first-order valence-corrected chi connectivity index (χ1v) is 6.05. The molecule has 0 aliphatic carbocycles. The summed E-state index contributed by atoms with van der Waals surface area (Å²) < 4.78 is 18.3. The summed E-state index contributed by atoms with van der Waals surface area (Å²) >= 11 is 7.83. The average Bonchev–Trinajstić information content (AvgIpc) is 2.81. The number of alkyl halides is 1. The fraction of sp³-hybridized carbons (Fsp3) is 0.167. The van der Waals surface area contributed by atoms with Crippen molar-refractivity contribution < 1.29 is 9.13 Å². The summed E-state index contributed by atoms with van der Waals surface area (Å²) in [4.78, 5) is 0.977. The van der Waals surface area contributed by atoms with E-state index in [0.29, 0.717) is 11.3 Å².